The average Bonchev–Trinajstić information content (AvgIpc) is 2.56. The minimum atomic E-state index is 0.946. The first-order valence-electron chi connectivity index (χ1n) is 5.26. The number of hydrogen-bond donors (Lipinski definition) is 0. The van der Waals surface area contributed by atoms with Crippen LogP contribution >= 0.6 is 22.6 Å². The average molecular weight is 290 g/mol. The van der Waals surface area contributed by atoms with Crippen LogP contribution in [0.15, 0.2) is 9.66 Å². The lowest BCUT2D eigenvalue weighted by Crippen LogP contribution is -2.38. The first-order valence-corrected chi connectivity index (χ1v) is 6.34. The van der Waals surface area contributed by atoms with Gasteiger partial charge in [-0.1, -0.05) is 6.08 Å². The van der Waals surface area contributed by atoms with Gasteiger partial charge in [0.1, 0.15) is 0 Å². The van der Waals surface area contributed by atoms with Gasteiger partial charge in [0.15, 0.2) is 0 Å². The molecule has 72 valence electrons. The van der Waals surface area contributed by atoms with Crippen molar-refractivity contribution in [1.82, 2.24) is 0 Å². The second-order valence-electron chi connectivity index (χ2n) is 5.69. The maximum absolute atomic E-state index is 2.57. The van der Waals surface area contributed by atoms with Crippen molar-refractivity contribution < 1.29 is 4.48 Å². The highest BCUT2D eigenvalue weighted by atomic mass is 127. The third kappa shape index (κ3) is 1.14. The molecule has 0 unspecified atom stereocenters. The second kappa shape index (κ2) is 2.51. The topological polar surface area (TPSA) is 0 Å². The molecule has 0 aromatic carbocycles. The first kappa shape index (κ1) is 8.72. The van der Waals surface area contributed by atoms with E-state index in [-0.39, 0.29) is 0 Å². The first-order chi connectivity index (χ1) is 6.07. The molecule has 0 radical (unpaired) electrons. The summed E-state index contributed by atoms with van der Waals surface area (Å²) < 4.78 is 2.94. The van der Waals surface area contributed by atoms with Crippen molar-refractivity contribution in [3.63, 3.8) is 0 Å². The minimum absolute atomic E-state index is 0.946. The van der Waals surface area contributed by atoms with E-state index in [1.54, 1.807) is 3.58 Å². The molecule has 0 aromatic rings. The molecule has 2 bridgehead atoms. The zero-order valence-corrected chi connectivity index (χ0v) is 10.5. The summed E-state index contributed by atoms with van der Waals surface area (Å²) in [5.74, 6) is 3.95. The van der Waals surface area contributed by atoms with Gasteiger partial charge in [0, 0.05) is 11.8 Å². The Morgan fingerprint density at radius 3 is 2.77 bits per heavy atom. The number of allylic oxidation sites excluding steroid dienone is 2. The molecule has 2 fully saturated rings. The molecule has 4 atom stereocenters. The fourth-order valence-electron chi connectivity index (χ4n) is 3.84. The lowest BCUT2D eigenvalue weighted by atomic mass is 9.86. The monoisotopic (exact) mass is 290 g/mol. The standard InChI is InChI=1S/C11H17IN/c1-13(2)5-9-7-3-8(10(9)6-13)11(12)4-7/h4,7-10H,3,5-6H2,1-2H3/q+1/t7-,8+,9+,10+/m1/s1. The molecule has 0 spiro atoms. The summed E-state index contributed by atoms with van der Waals surface area (Å²) >= 11 is 2.57. The Hall–Kier alpha value is 0.430. The van der Waals surface area contributed by atoms with E-state index in [1.807, 2.05) is 0 Å². The summed E-state index contributed by atoms with van der Waals surface area (Å²) in [7, 11) is 4.79. The number of halogens is 1. The van der Waals surface area contributed by atoms with Gasteiger partial charge < -0.3 is 4.48 Å². The van der Waals surface area contributed by atoms with Gasteiger partial charge in [-0.3, -0.25) is 0 Å². The van der Waals surface area contributed by atoms with E-state index in [1.165, 1.54) is 24.0 Å². The highest BCUT2D eigenvalue weighted by Gasteiger charge is 2.55. The van der Waals surface area contributed by atoms with Gasteiger partial charge in [-0.25, -0.2) is 0 Å². The van der Waals surface area contributed by atoms with Crippen molar-refractivity contribution in [2.45, 2.75) is 6.42 Å². The summed E-state index contributed by atoms with van der Waals surface area (Å²) in [5, 5.41) is 0. The number of nitrogens with zero attached hydrogens (tertiary/aromatic N) is 1. The van der Waals surface area contributed by atoms with Crippen molar-refractivity contribution in [2.75, 3.05) is 27.2 Å². The number of rotatable bonds is 0. The minimum Gasteiger partial charge on any atom is -0.328 e. The van der Waals surface area contributed by atoms with Crippen LogP contribution in [-0.2, 0) is 0 Å². The highest BCUT2D eigenvalue weighted by Crippen LogP contribution is 2.56. The summed E-state index contributed by atoms with van der Waals surface area (Å²) in [5.41, 5.74) is 0. The third-order valence-corrected chi connectivity index (χ3v) is 5.44. The number of fused-ring (bicyclic) bond motifs is 5. The summed E-state index contributed by atoms with van der Waals surface area (Å²) in [6.45, 7) is 2.85. The molecule has 13 heavy (non-hydrogen) atoms. The maximum atomic E-state index is 2.57. The Balaban J connectivity index is 1.92. The highest BCUT2D eigenvalue weighted by molar-refractivity contribution is 14.1. The molecule has 1 saturated carbocycles. The van der Waals surface area contributed by atoms with E-state index in [9.17, 15) is 0 Å². The normalized spacial score (nSPS) is 50.8. The molecule has 0 amide bonds. The van der Waals surface area contributed by atoms with Crippen molar-refractivity contribution in [2.24, 2.45) is 23.7 Å². The van der Waals surface area contributed by atoms with Gasteiger partial charge in [0.2, 0.25) is 0 Å². The van der Waals surface area contributed by atoms with Crippen molar-refractivity contribution in [3.05, 3.63) is 9.66 Å². The van der Waals surface area contributed by atoms with Crippen molar-refractivity contribution in [3.8, 4) is 0 Å². The molecular formula is C11H17IN+. The predicted octanol–water partition coefficient (Wildman–Crippen LogP) is 2.28. The molecule has 2 aliphatic carbocycles. The molecule has 1 nitrogen and oxygen atoms in total. The van der Waals surface area contributed by atoms with Gasteiger partial charge in [-0.2, -0.15) is 0 Å². The van der Waals surface area contributed by atoms with E-state index < -0.39 is 0 Å². The zero-order chi connectivity index (χ0) is 9.22. The van der Waals surface area contributed by atoms with Crippen LogP contribution < -0.4 is 0 Å². The molecule has 0 aromatic heterocycles. The molecule has 1 heterocycles. The Kier molecular flexibility index (Phi) is 1.68. The van der Waals surface area contributed by atoms with E-state index in [0.29, 0.717) is 0 Å². The van der Waals surface area contributed by atoms with Crippen LogP contribution in [0.25, 0.3) is 0 Å². The Morgan fingerprint density at radius 2 is 2.00 bits per heavy atom. The van der Waals surface area contributed by atoms with E-state index in [0.717, 1.165) is 23.7 Å². The molecular weight excluding hydrogens is 273 g/mol. The van der Waals surface area contributed by atoms with Gasteiger partial charge >= 0.3 is 0 Å². The zero-order valence-electron chi connectivity index (χ0n) is 8.33. The quantitative estimate of drug-likeness (QED) is 0.474. The fourth-order valence-corrected chi connectivity index (χ4v) is 5.02. The van der Waals surface area contributed by atoms with Crippen LogP contribution in [0.4, 0.5) is 0 Å². The Morgan fingerprint density at radius 1 is 1.31 bits per heavy atom. The van der Waals surface area contributed by atoms with Gasteiger partial charge in [-0.15, -0.1) is 0 Å². The van der Waals surface area contributed by atoms with Crippen LogP contribution in [0.2, 0.25) is 0 Å². The van der Waals surface area contributed by atoms with Gasteiger partial charge in [0.05, 0.1) is 27.2 Å². The van der Waals surface area contributed by atoms with Crippen molar-refractivity contribution >= 4 is 22.6 Å². The third-order valence-electron chi connectivity index (χ3n) is 4.28. The van der Waals surface area contributed by atoms with Crippen LogP contribution in [0, 0.1) is 23.7 Å². The molecule has 1 aliphatic heterocycles. The lowest BCUT2D eigenvalue weighted by Gasteiger charge is -2.25. The Labute approximate surface area is 93.9 Å². The van der Waals surface area contributed by atoms with Crippen LogP contribution in [-0.4, -0.2) is 31.7 Å². The van der Waals surface area contributed by atoms with Gasteiger partial charge in [0.25, 0.3) is 0 Å². The number of hydrogen-bond acceptors (Lipinski definition) is 0. The summed E-state index contributed by atoms with van der Waals surface area (Å²) in [6.07, 6.45) is 4.03. The summed E-state index contributed by atoms with van der Waals surface area (Å²) in [6, 6.07) is 0. The smallest absolute Gasteiger partial charge is 0.0822 e. The molecule has 1 saturated heterocycles. The predicted molar refractivity (Wildman–Crippen MR) is 62.5 cm³/mol. The SMILES string of the molecule is C[N+]1(C)C[C@@H]2[C@@H](C1)[C@H]1C=C(I)[C@H]2C1. The van der Waals surface area contributed by atoms with E-state index in [2.05, 4.69) is 42.8 Å². The second-order valence-corrected chi connectivity index (χ2v) is 6.93. The maximum Gasteiger partial charge on any atom is 0.0822 e. The number of likely N-dealkylation sites (tertiary alicyclic amines) is 1. The van der Waals surface area contributed by atoms with E-state index in [4.69, 9.17) is 0 Å². The van der Waals surface area contributed by atoms with Crippen LogP contribution in [0.5, 0.6) is 0 Å². The van der Waals surface area contributed by atoms with Crippen LogP contribution in [0.3, 0.4) is 0 Å². The van der Waals surface area contributed by atoms with E-state index >= 15 is 0 Å². The summed E-state index contributed by atoms with van der Waals surface area (Å²) in [4.78, 5) is 0. The molecule has 3 aliphatic rings. The molecule has 0 N–H and O–H groups in total. The lowest BCUT2D eigenvalue weighted by molar-refractivity contribution is -0.881. The number of quaternary nitrogens is 1. The van der Waals surface area contributed by atoms with Gasteiger partial charge in [-0.05, 0) is 44.4 Å². The Bertz CT molecular complexity index is 282. The molecule has 3 rings (SSSR count). The largest absolute Gasteiger partial charge is 0.328 e. The fraction of sp³-hybridized carbons (Fsp3) is 0.818. The van der Waals surface area contributed by atoms with Crippen LogP contribution in [0.1, 0.15) is 6.42 Å². The van der Waals surface area contributed by atoms with Crippen molar-refractivity contribution in [1.29, 1.82) is 0 Å². The molecule has 2 heteroatoms.